The van der Waals surface area contributed by atoms with Gasteiger partial charge in [0.25, 0.3) is 5.69 Å². The van der Waals surface area contributed by atoms with Crippen LogP contribution in [0, 0.1) is 10.1 Å². The number of non-ortho nitro benzene ring substituents is 1. The number of carbonyl (C=O) groups is 3. The van der Waals surface area contributed by atoms with Crippen LogP contribution in [0.3, 0.4) is 0 Å². The average Bonchev–Trinajstić information content (AvgIpc) is 3.28. The zero-order valence-electron chi connectivity index (χ0n) is 16.6. The number of nitrogens with one attached hydrogen (secondary N) is 2. The summed E-state index contributed by atoms with van der Waals surface area (Å²) < 4.78 is 10.1. The molecule has 3 aromatic rings. The molecule has 0 saturated carbocycles. The maximum absolute atomic E-state index is 11.9. The zero-order chi connectivity index (χ0) is 23.1. The molecule has 32 heavy (non-hydrogen) atoms. The van der Waals surface area contributed by atoms with E-state index in [9.17, 15) is 24.5 Å². The lowest BCUT2D eigenvalue weighted by Crippen LogP contribution is -2.32. The summed E-state index contributed by atoms with van der Waals surface area (Å²) in [6, 6.07) is 14.8. The summed E-state index contributed by atoms with van der Waals surface area (Å²) in [5, 5.41) is 16.7. The molecule has 2 amide bonds. The van der Waals surface area contributed by atoms with Crippen LogP contribution >= 0.6 is 0 Å². The first-order valence-electron chi connectivity index (χ1n) is 9.05. The van der Waals surface area contributed by atoms with Gasteiger partial charge in [0.2, 0.25) is 0 Å². The summed E-state index contributed by atoms with van der Waals surface area (Å²) in [6.45, 7) is 0. The van der Waals surface area contributed by atoms with Crippen LogP contribution < -0.4 is 10.7 Å². The Morgan fingerprint density at radius 2 is 1.69 bits per heavy atom. The lowest BCUT2D eigenvalue weighted by Gasteiger charge is -2.04. The van der Waals surface area contributed by atoms with Gasteiger partial charge in [-0.2, -0.15) is 5.10 Å². The van der Waals surface area contributed by atoms with E-state index in [1.165, 1.54) is 49.7 Å². The number of furan rings is 1. The van der Waals surface area contributed by atoms with E-state index < -0.39 is 22.7 Å². The van der Waals surface area contributed by atoms with Gasteiger partial charge in [-0.1, -0.05) is 0 Å². The van der Waals surface area contributed by atoms with Gasteiger partial charge < -0.3 is 14.5 Å². The molecule has 2 N–H and O–H groups in total. The van der Waals surface area contributed by atoms with Crippen LogP contribution in [0.4, 0.5) is 11.4 Å². The van der Waals surface area contributed by atoms with Crippen LogP contribution in [-0.2, 0) is 14.3 Å². The highest BCUT2D eigenvalue weighted by Crippen LogP contribution is 2.24. The Kier molecular flexibility index (Phi) is 6.71. The molecule has 0 unspecified atom stereocenters. The molecule has 1 aromatic heterocycles. The molecule has 0 fully saturated rings. The van der Waals surface area contributed by atoms with Crippen LogP contribution in [0.1, 0.15) is 16.1 Å². The number of nitro benzene ring substituents is 1. The number of carbonyl (C=O) groups excluding carboxylic acids is 3. The van der Waals surface area contributed by atoms with Crippen molar-refractivity contribution in [2.45, 2.75) is 0 Å². The van der Waals surface area contributed by atoms with Gasteiger partial charge in [-0.15, -0.1) is 0 Å². The van der Waals surface area contributed by atoms with E-state index in [1.54, 1.807) is 24.3 Å². The first-order valence-corrected chi connectivity index (χ1v) is 9.05. The average molecular weight is 436 g/mol. The number of rotatable bonds is 6. The van der Waals surface area contributed by atoms with Crippen LogP contribution in [0.15, 0.2) is 70.2 Å². The van der Waals surface area contributed by atoms with E-state index in [0.29, 0.717) is 22.6 Å². The Morgan fingerprint density at radius 1 is 1.00 bits per heavy atom. The van der Waals surface area contributed by atoms with E-state index in [-0.39, 0.29) is 11.4 Å². The molecule has 0 aliphatic rings. The summed E-state index contributed by atoms with van der Waals surface area (Å²) in [5.41, 5.74) is 3.25. The molecule has 3 rings (SSSR count). The molecule has 2 aromatic carbocycles. The molecular weight excluding hydrogens is 420 g/mol. The van der Waals surface area contributed by atoms with Gasteiger partial charge in [-0.05, 0) is 48.5 Å². The lowest BCUT2D eigenvalue weighted by atomic mass is 10.1. The normalized spacial score (nSPS) is 10.5. The van der Waals surface area contributed by atoms with Crippen molar-refractivity contribution in [1.29, 1.82) is 0 Å². The number of hydrogen-bond donors (Lipinski definition) is 2. The second-order valence-corrected chi connectivity index (χ2v) is 6.23. The zero-order valence-corrected chi connectivity index (χ0v) is 16.6. The molecule has 11 nitrogen and oxygen atoms in total. The quantitative estimate of drug-likeness (QED) is 0.198. The van der Waals surface area contributed by atoms with Gasteiger partial charge in [0.05, 0.1) is 23.8 Å². The molecule has 0 saturated heterocycles. The predicted octanol–water partition coefficient (Wildman–Crippen LogP) is 2.73. The number of ether oxygens (including phenoxy) is 1. The number of hydrogen-bond acceptors (Lipinski definition) is 8. The first-order chi connectivity index (χ1) is 15.4. The molecule has 162 valence electrons. The van der Waals surface area contributed by atoms with E-state index in [0.717, 1.165) is 0 Å². The lowest BCUT2D eigenvalue weighted by molar-refractivity contribution is -0.384. The summed E-state index contributed by atoms with van der Waals surface area (Å²) >= 11 is 0. The summed E-state index contributed by atoms with van der Waals surface area (Å²) in [6.07, 6.45) is 1.20. The number of nitro groups is 1. The Balaban J connectivity index is 1.54. The monoisotopic (exact) mass is 436 g/mol. The Bertz CT molecular complexity index is 1180. The van der Waals surface area contributed by atoms with Crippen molar-refractivity contribution in [3.8, 4) is 11.3 Å². The third kappa shape index (κ3) is 5.42. The Labute approximate surface area is 180 Å². The van der Waals surface area contributed by atoms with Gasteiger partial charge in [0, 0.05) is 23.4 Å². The maximum atomic E-state index is 11.9. The molecule has 0 bridgehead atoms. The third-order valence-corrected chi connectivity index (χ3v) is 4.12. The highest BCUT2D eigenvalue weighted by molar-refractivity contribution is 6.39. The van der Waals surface area contributed by atoms with Crippen molar-refractivity contribution in [1.82, 2.24) is 5.43 Å². The van der Waals surface area contributed by atoms with Crippen LogP contribution in [0.2, 0.25) is 0 Å². The highest BCUT2D eigenvalue weighted by atomic mass is 16.6. The minimum absolute atomic E-state index is 0.0394. The fraction of sp³-hybridized carbons (Fsp3) is 0.0476. The van der Waals surface area contributed by atoms with E-state index in [1.807, 2.05) is 0 Å². The smallest absolute Gasteiger partial charge is 0.337 e. The molecule has 0 spiro atoms. The minimum atomic E-state index is -1.01. The van der Waals surface area contributed by atoms with Crippen molar-refractivity contribution < 1.29 is 28.5 Å². The van der Waals surface area contributed by atoms with Gasteiger partial charge >= 0.3 is 17.8 Å². The van der Waals surface area contributed by atoms with Crippen molar-refractivity contribution in [3.05, 3.63) is 82.1 Å². The summed E-state index contributed by atoms with van der Waals surface area (Å²) in [4.78, 5) is 45.4. The Morgan fingerprint density at radius 3 is 2.31 bits per heavy atom. The topological polar surface area (TPSA) is 153 Å². The fourth-order valence-corrected chi connectivity index (χ4v) is 2.53. The molecule has 0 atom stereocenters. The first kappa shape index (κ1) is 21.9. The van der Waals surface area contributed by atoms with Crippen molar-refractivity contribution in [2.24, 2.45) is 5.10 Å². The van der Waals surface area contributed by atoms with Crippen molar-refractivity contribution in [3.63, 3.8) is 0 Å². The molecular formula is C21H16N4O7. The predicted molar refractivity (Wildman–Crippen MR) is 113 cm³/mol. The van der Waals surface area contributed by atoms with E-state index in [4.69, 9.17) is 4.42 Å². The third-order valence-electron chi connectivity index (χ3n) is 4.12. The fourth-order valence-electron chi connectivity index (χ4n) is 2.53. The molecule has 0 aliphatic heterocycles. The second kappa shape index (κ2) is 9.80. The van der Waals surface area contributed by atoms with E-state index >= 15 is 0 Å². The van der Waals surface area contributed by atoms with Gasteiger partial charge in [-0.25, -0.2) is 10.2 Å². The van der Waals surface area contributed by atoms with Crippen LogP contribution in [0.25, 0.3) is 11.3 Å². The molecule has 1 heterocycles. The minimum Gasteiger partial charge on any atom is -0.465 e. The summed E-state index contributed by atoms with van der Waals surface area (Å²) in [7, 11) is 1.25. The number of amides is 2. The van der Waals surface area contributed by atoms with E-state index in [2.05, 4.69) is 20.6 Å². The van der Waals surface area contributed by atoms with Gasteiger partial charge in [0.15, 0.2) is 0 Å². The highest BCUT2D eigenvalue weighted by Gasteiger charge is 2.14. The molecule has 0 aliphatic carbocycles. The second-order valence-electron chi connectivity index (χ2n) is 6.23. The number of nitrogens with zero attached hydrogens (tertiary/aromatic N) is 2. The number of benzene rings is 2. The largest absolute Gasteiger partial charge is 0.465 e. The number of esters is 1. The summed E-state index contributed by atoms with van der Waals surface area (Å²) in [5.74, 6) is -1.76. The molecule has 0 radical (unpaired) electrons. The maximum Gasteiger partial charge on any atom is 0.337 e. The van der Waals surface area contributed by atoms with Crippen molar-refractivity contribution in [2.75, 3.05) is 12.4 Å². The molecule has 11 heteroatoms. The van der Waals surface area contributed by atoms with Crippen LogP contribution in [0.5, 0.6) is 0 Å². The standard InChI is InChI=1S/C21H16N4O7/c1-31-21(28)14-2-6-15(7-3-14)23-19(26)20(27)24-22-12-17-10-11-18(32-17)13-4-8-16(9-5-13)25(29)30/h2-12H,1H3,(H,23,26)(H,24,27)/b22-12+. The number of methoxy groups -OCH3 is 1. The van der Waals surface area contributed by atoms with Crippen molar-refractivity contribution >= 4 is 35.4 Å². The van der Waals surface area contributed by atoms with Gasteiger partial charge in [0.1, 0.15) is 11.5 Å². The number of anilines is 1. The van der Waals surface area contributed by atoms with Crippen LogP contribution in [-0.4, -0.2) is 36.0 Å². The SMILES string of the molecule is COC(=O)c1ccc(NC(=O)C(=O)N/N=C/c2ccc(-c3ccc([N+](=O)[O-])cc3)o2)cc1. The van der Waals surface area contributed by atoms with Gasteiger partial charge in [-0.3, -0.25) is 19.7 Å². The Hall–Kier alpha value is -4.80. The number of hydrazone groups is 1.